The number of halogens is 1. The summed E-state index contributed by atoms with van der Waals surface area (Å²) in [6, 6.07) is 9.92. The maximum Gasteiger partial charge on any atom is 0.120 e. The zero-order valence-electron chi connectivity index (χ0n) is 11.0. The molecule has 1 aromatic carbocycles. The second kappa shape index (κ2) is 7.31. The van der Waals surface area contributed by atoms with Gasteiger partial charge in [-0.05, 0) is 24.3 Å². The molecule has 0 fully saturated rings. The third kappa shape index (κ3) is 4.69. The fourth-order valence-corrected chi connectivity index (χ4v) is 2.16. The van der Waals surface area contributed by atoms with Crippen molar-refractivity contribution in [3.63, 3.8) is 0 Å². The van der Waals surface area contributed by atoms with E-state index in [1.807, 2.05) is 48.3 Å². The van der Waals surface area contributed by atoms with Gasteiger partial charge in [-0.25, -0.2) is 0 Å². The highest BCUT2D eigenvalue weighted by Gasteiger charge is 1.98. The van der Waals surface area contributed by atoms with Gasteiger partial charge < -0.3 is 10.1 Å². The van der Waals surface area contributed by atoms with E-state index >= 15 is 0 Å². The van der Waals surface area contributed by atoms with Crippen molar-refractivity contribution >= 4 is 15.9 Å². The summed E-state index contributed by atoms with van der Waals surface area (Å²) in [4.78, 5) is 0. The molecule has 0 atom stereocenters. The second-order valence-electron chi connectivity index (χ2n) is 4.25. The number of nitrogens with zero attached hydrogens (tertiary/aromatic N) is 2. The summed E-state index contributed by atoms with van der Waals surface area (Å²) in [7, 11) is 1.96. The zero-order valence-corrected chi connectivity index (χ0v) is 12.6. The fraction of sp³-hybridized carbons (Fsp3) is 0.357. The number of aryl methyl sites for hydroxylation is 1. The van der Waals surface area contributed by atoms with Gasteiger partial charge >= 0.3 is 0 Å². The van der Waals surface area contributed by atoms with Crippen LogP contribution in [0, 0.1) is 0 Å². The topological polar surface area (TPSA) is 39.1 Å². The number of nitrogens with one attached hydrogen (secondary N) is 1. The van der Waals surface area contributed by atoms with Crippen LogP contribution >= 0.6 is 15.9 Å². The van der Waals surface area contributed by atoms with Gasteiger partial charge in [-0.3, -0.25) is 4.68 Å². The molecule has 19 heavy (non-hydrogen) atoms. The number of rotatable bonds is 7. The van der Waals surface area contributed by atoms with Crippen molar-refractivity contribution in [2.24, 2.45) is 7.05 Å². The summed E-state index contributed by atoms with van der Waals surface area (Å²) >= 11 is 3.42. The van der Waals surface area contributed by atoms with Gasteiger partial charge in [-0.2, -0.15) is 5.10 Å². The maximum absolute atomic E-state index is 5.64. The third-order valence-electron chi connectivity index (χ3n) is 2.82. The van der Waals surface area contributed by atoms with Crippen molar-refractivity contribution in [2.75, 3.05) is 19.7 Å². The highest BCUT2D eigenvalue weighted by Crippen LogP contribution is 2.17. The van der Waals surface area contributed by atoms with Gasteiger partial charge in [0.2, 0.25) is 0 Å². The molecule has 0 saturated carbocycles. The molecule has 1 heterocycles. The first kappa shape index (κ1) is 14.1. The molecule has 0 amide bonds. The van der Waals surface area contributed by atoms with Crippen LogP contribution in [0.5, 0.6) is 5.75 Å². The molecule has 0 bridgehead atoms. The van der Waals surface area contributed by atoms with Crippen LogP contribution in [-0.2, 0) is 13.5 Å². The summed E-state index contributed by atoms with van der Waals surface area (Å²) in [6.45, 7) is 2.44. The Bertz CT molecular complexity index is 513. The van der Waals surface area contributed by atoms with Crippen molar-refractivity contribution in [3.05, 3.63) is 46.7 Å². The van der Waals surface area contributed by atoms with E-state index in [1.165, 1.54) is 5.69 Å². The minimum absolute atomic E-state index is 0.668. The van der Waals surface area contributed by atoms with Gasteiger partial charge in [0.05, 0.1) is 0 Å². The zero-order chi connectivity index (χ0) is 13.5. The number of ether oxygens (including phenoxy) is 1. The first-order valence-electron chi connectivity index (χ1n) is 6.31. The minimum atomic E-state index is 0.668. The third-order valence-corrected chi connectivity index (χ3v) is 3.32. The van der Waals surface area contributed by atoms with E-state index < -0.39 is 0 Å². The van der Waals surface area contributed by atoms with Crippen molar-refractivity contribution in [2.45, 2.75) is 6.42 Å². The molecule has 0 aliphatic carbocycles. The quantitative estimate of drug-likeness (QED) is 0.795. The van der Waals surface area contributed by atoms with E-state index in [1.54, 1.807) is 0 Å². The van der Waals surface area contributed by atoms with Gasteiger partial charge in [0.15, 0.2) is 0 Å². The van der Waals surface area contributed by atoms with Crippen molar-refractivity contribution in [1.29, 1.82) is 0 Å². The Hall–Kier alpha value is -1.33. The van der Waals surface area contributed by atoms with Gasteiger partial charge in [0, 0.05) is 42.9 Å². The Morgan fingerprint density at radius 3 is 2.95 bits per heavy atom. The van der Waals surface area contributed by atoms with Gasteiger partial charge in [-0.15, -0.1) is 0 Å². The van der Waals surface area contributed by atoms with Crippen molar-refractivity contribution < 1.29 is 4.74 Å². The molecule has 0 aliphatic heterocycles. The monoisotopic (exact) mass is 323 g/mol. The Morgan fingerprint density at radius 2 is 2.21 bits per heavy atom. The Labute approximate surface area is 121 Å². The highest BCUT2D eigenvalue weighted by atomic mass is 79.9. The van der Waals surface area contributed by atoms with Crippen LogP contribution in [0.3, 0.4) is 0 Å². The molecule has 4 nitrogen and oxygen atoms in total. The lowest BCUT2D eigenvalue weighted by Gasteiger charge is -2.08. The van der Waals surface area contributed by atoms with Crippen LogP contribution in [0.15, 0.2) is 41.0 Å². The predicted molar refractivity (Wildman–Crippen MR) is 79.4 cm³/mol. The van der Waals surface area contributed by atoms with E-state index in [0.717, 1.165) is 29.7 Å². The number of benzene rings is 1. The normalized spacial score (nSPS) is 10.6. The number of hydrogen-bond acceptors (Lipinski definition) is 3. The lowest BCUT2D eigenvalue weighted by molar-refractivity contribution is 0.314. The van der Waals surface area contributed by atoms with Crippen LogP contribution in [0.25, 0.3) is 0 Å². The van der Waals surface area contributed by atoms with Gasteiger partial charge in [-0.1, -0.05) is 22.0 Å². The Kier molecular flexibility index (Phi) is 5.42. The summed E-state index contributed by atoms with van der Waals surface area (Å²) in [5.41, 5.74) is 1.24. The molecular formula is C14H18BrN3O. The van der Waals surface area contributed by atoms with E-state index in [2.05, 4.69) is 26.3 Å². The molecule has 1 aromatic heterocycles. The standard InChI is InChI=1S/C14H18BrN3O/c1-18-13(6-8-17-18)5-7-16-9-10-19-14-4-2-3-12(15)11-14/h2-4,6,8,11,16H,5,7,9-10H2,1H3. The first-order chi connectivity index (χ1) is 9.25. The van der Waals surface area contributed by atoms with Gasteiger partial charge in [0.1, 0.15) is 12.4 Å². The van der Waals surface area contributed by atoms with Crippen LogP contribution in [0.4, 0.5) is 0 Å². The van der Waals surface area contributed by atoms with Gasteiger partial charge in [0.25, 0.3) is 0 Å². The summed E-state index contributed by atoms with van der Waals surface area (Å²) < 4.78 is 8.58. The van der Waals surface area contributed by atoms with Crippen LogP contribution in [-0.4, -0.2) is 29.5 Å². The molecule has 0 spiro atoms. The average molecular weight is 324 g/mol. The summed E-state index contributed by atoms with van der Waals surface area (Å²) in [5.74, 6) is 0.891. The van der Waals surface area contributed by atoms with E-state index in [9.17, 15) is 0 Å². The lowest BCUT2D eigenvalue weighted by atomic mass is 10.3. The molecule has 2 rings (SSSR count). The predicted octanol–water partition coefficient (Wildman–Crippen LogP) is 2.39. The number of aromatic nitrogens is 2. The van der Waals surface area contributed by atoms with Crippen LogP contribution < -0.4 is 10.1 Å². The van der Waals surface area contributed by atoms with Crippen LogP contribution in [0.2, 0.25) is 0 Å². The molecule has 0 saturated heterocycles. The highest BCUT2D eigenvalue weighted by molar-refractivity contribution is 9.10. The maximum atomic E-state index is 5.64. The average Bonchev–Trinajstić information content (AvgIpc) is 2.79. The fourth-order valence-electron chi connectivity index (χ4n) is 1.79. The Morgan fingerprint density at radius 1 is 1.32 bits per heavy atom. The van der Waals surface area contributed by atoms with Crippen molar-refractivity contribution in [3.8, 4) is 5.75 Å². The van der Waals surface area contributed by atoms with E-state index in [0.29, 0.717) is 6.61 Å². The first-order valence-corrected chi connectivity index (χ1v) is 7.11. The smallest absolute Gasteiger partial charge is 0.120 e. The molecule has 5 heteroatoms. The molecule has 2 aromatic rings. The van der Waals surface area contributed by atoms with E-state index in [4.69, 9.17) is 4.74 Å². The van der Waals surface area contributed by atoms with Crippen LogP contribution in [0.1, 0.15) is 5.69 Å². The second-order valence-corrected chi connectivity index (χ2v) is 5.17. The number of hydrogen-bond donors (Lipinski definition) is 1. The molecule has 1 N–H and O–H groups in total. The summed E-state index contributed by atoms with van der Waals surface area (Å²) in [5, 5.41) is 7.50. The SMILES string of the molecule is Cn1nccc1CCNCCOc1cccc(Br)c1. The molecular weight excluding hydrogens is 306 g/mol. The summed E-state index contributed by atoms with van der Waals surface area (Å²) in [6.07, 6.45) is 2.80. The molecule has 0 radical (unpaired) electrons. The molecule has 102 valence electrons. The minimum Gasteiger partial charge on any atom is -0.492 e. The largest absolute Gasteiger partial charge is 0.492 e. The Balaban J connectivity index is 1.59. The lowest BCUT2D eigenvalue weighted by Crippen LogP contribution is -2.24. The van der Waals surface area contributed by atoms with Crippen molar-refractivity contribution in [1.82, 2.24) is 15.1 Å². The van der Waals surface area contributed by atoms with E-state index in [-0.39, 0.29) is 0 Å². The molecule has 0 aliphatic rings. The molecule has 0 unspecified atom stereocenters.